The number of aromatic nitrogens is 1. The Morgan fingerprint density at radius 1 is 1.27 bits per heavy atom. The first-order chi connectivity index (χ1) is 12.4. The van der Waals surface area contributed by atoms with Gasteiger partial charge in [0.25, 0.3) is 0 Å². The predicted octanol–water partition coefficient (Wildman–Crippen LogP) is 0.684. The molecule has 0 radical (unpaired) electrons. The molecule has 0 unspecified atom stereocenters. The number of thiazole rings is 1. The van der Waals surface area contributed by atoms with Crippen LogP contribution in [0.1, 0.15) is 25.8 Å². The molecule has 1 aliphatic rings. The third-order valence-electron chi connectivity index (χ3n) is 4.81. The highest BCUT2D eigenvalue weighted by atomic mass is 32.1. The first-order valence-electron chi connectivity index (χ1n) is 9.18. The van der Waals surface area contributed by atoms with Crippen LogP contribution in [-0.2, 0) is 16.1 Å². The number of para-hydroxylation sites is 1. The van der Waals surface area contributed by atoms with E-state index in [2.05, 4.69) is 17.4 Å². The van der Waals surface area contributed by atoms with E-state index in [0.29, 0.717) is 0 Å². The summed E-state index contributed by atoms with van der Waals surface area (Å²) >= 11 is 1.75. The number of carbonyl (C=O) groups excluding carboxylic acids is 2. The van der Waals surface area contributed by atoms with Crippen molar-refractivity contribution in [3.8, 4) is 0 Å². The van der Waals surface area contributed by atoms with Crippen molar-refractivity contribution in [3.63, 3.8) is 0 Å². The van der Waals surface area contributed by atoms with Gasteiger partial charge in [-0.1, -0.05) is 26.0 Å². The van der Waals surface area contributed by atoms with Crippen LogP contribution in [0.3, 0.4) is 0 Å². The molecule has 2 N–H and O–H groups in total. The molecular formula is C19H27N4O2S+. The van der Waals surface area contributed by atoms with Crippen LogP contribution in [0.5, 0.6) is 0 Å². The second kappa shape index (κ2) is 8.14. The molecule has 6 nitrogen and oxygen atoms in total. The van der Waals surface area contributed by atoms with Gasteiger partial charge in [0.15, 0.2) is 0 Å². The minimum atomic E-state index is -0.432. The summed E-state index contributed by atoms with van der Waals surface area (Å²) in [5, 5.41) is 3.95. The third-order valence-corrected chi connectivity index (χ3v) is 5.85. The molecule has 1 aromatic heterocycles. The van der Waals surface area contributed by atoms with Crippen LogP contribution in [0.4, 0.5) is 0 Å². The Labute approximate surface area is 158 Å². The van der Waals surface area contributed by atoms with Crippen LogP contribution in [0.25, 0.3) is 10.2 Å². The van der Waals surface area contributed by atoms with Gasteiger partial charge in [-0.2, -0.15) is 0 Å². The van der Waals surface area contributed by atoms with Crippen molar-refractivity contribution in [1.29, 1.82) is 0 Å². The molecule has 140 valence electrons. The molecule has 2 amide bonds. The number of nitrogens with one attached hydrogen (secondary N) is 2. The minimum Gasteiger partial charge on any atom is -0.344 e. The van der Waals surface area contributed by atoms with Crippen molar-refractivity contribution in [2.24, 2.45) is 5.92 Å². The van der Waals surface area contributed by atoms with Crippen LogP contribution in [0.15, 0.2) is 24.3 Å². The molecule has 0 aliphatic carbocycles. The Morgan fingerprint density at radius 3 is 2.58 bits per heavy atom. The fraction of sp³-hybridized carbons (Fsp3) is 0.526. The van der Waals surface area contributed by atoms with Crippen LogP contribution in [0.2, 0.25) is 0 Å². The molecule has 2 heterocycles. The number of quaternary nitrogens is 1. The van der Waals surface area contributed by atoms with E-state index in [-0.39, 0.29) is 17.7 Å². The van der Waals surface area contributed by atoms with Crippen LogP contribution >= 0.6 is 11.3 Å². The summed E-state index contributed by atoms with van der Waals surface area (Å²) in [6.45, 7) is 9.56. The van der Waals surface area contributed by atoms with E-state index >= 15 is 0 Å². The van der Waals surface area contributed by atoms with E-state index in [1.165, 1.54) is 16.5 Å². The normalized spacial score (nSPS) is 16.8. The van der Waals surface area contributed by atoms with Gasteiger partial charge in [-0.05, 0) is 18.1 Å². The lowest BCUT2D eigenvalue weighted by atomic mass is 10.0. The van der Waals surface area contributed by atoms with Crippen LogP contribution < -0.4 is 10.2 Å². The number of hydrogen-bond acceptors (Lipinski definition) is 4. The Bertz CT molecular complexity index is 748. The van der Waals surface area contributed by atoms with Crippen molar-refractivity contribution in [2.75, 3.05) is 26.2 Å². The van der Waals surface area contributed by atoms with E-state index in [1.807, 2.05) is 30.9 Å². The summed E-state index contributed by atoms with van der Waals surface area (Å²) in [6, 6.07) is 7.79. The number of benzene rings is 1. The Kier molecular flexibility index (Phi) is 5.88. The topological polar surface area (TPSA) is 66.7 Å². The quantitative estimate of drug-likeness (QED) is 0.808. The molecule has 2 aromatic rings. The first kappa shape index (κ1) is 18.8. The lowest BCUT2D eigenvalue weighted by molar-refractivity contribution is -0.917. The average Bonchev–Trinajstić information content (AvgIpc) is 3.01. The number of fused-ring (bicyclic) bond motifs is 1. The molecule has 3 rings (SSSR count). The molecule has 0 spiro atoms. The van der Waals surface area contributed by atoms with E-state index in [0.717, 1.165) is 43.2 Å². The van der Waals surface area contributed by atoms with Crippen LogP contribution in [0, 0.1) is 5.92 Å². The largest absolute Gasteiger partial charge is 0.344 e. The fourth-order valence-electron chi connectivity index (χ4n) is 3.36. The number of hydrogen-bond donors (Lipinski definition) is 2. The van der Waals surface area contributed by atoms with Gasteiger partial charge in [0.1, 0.15) is 17.6 Å². The summed E-state index contributed by atoms with van der Waals surface area (Å²) in [5.74, 6) is -0.0362. The smallest absolute Gasteiger partial charge is 0.245 e. The van der Waals surface area contributed by atoms with Crippen molar-refractivity contribution < 1.29 is 14.5 Å². The summed E-state index contributed by atoms with van der Waals surface area (Å²) in [4.78, 5) is 32.2. The highest BCUT2D eigenvalue weighted by Crippen LogP contribution is 2.20. The second-order valence-electron chi connectivity index (χ2n) is 7.25. The van der Waals surface area contributed by atoms with Crippen molar-refractivity contribution in [2.45, 2.75) is 33.4 Å². The zero-order valence-electron chi connectivity index (χ0n) is 15.6. The molecule has 1 aliphatic heterocycles. The summed E-state index contributed by atoms with van der Waals surface area (Å²) in [5.41, 5.74) is 1.07. The number of nitrogens with zero attached hydrogens (tertiary/aromatic N) is 2. The van der Waals surface area contributed by atoms with Gasteiger partial charge in [0.2, 0.25) is 11.8 Å². The van der Waals surface area contributed by atoms with Gasteiger partial charge in [-0.25, -0.2) is 4.98 Å². The summed E-state index contributed by atoms with van der Waals surface area (Å²) < 4.78 is 1.23. The highest BCUT2D eigenvalue weighted by Gasteiger charge is 2.31. The lowest BCUT2D eigenvalue weighted by Gasteiger charge is -2.35. The SMILES string of the molecule is CC(=O)N[C@@H](C(=O)N1CC[NH+](Cc2nc3ccccc3s2)CC1)C(C)C. The van der Waals surface area contributed by atoms with Gasteiger partial charge in [0.05, 0.1) is 36.4 Å². The van der Waals surface area contributed by atoms with Gasteiger partial charge in [-0.3, -0.25) is 9.59 Å². The predicted molar refractivity (Wildman–Crippen MR) is 103 cm³/mol. The Hall–Kier alpha value is -1.99. The molecule has 7 heteroatoms. The minimum absolute atomic E-state index is 0.0363. The number of amides is 2. The Balaban J connectivity index is 1.56. The number of rotatable bonds is 5. The highest BCUT2D eigenvalue weighted by molar-refractivity contribution is 7.18. The zero-order valence-corrected chi connectivity index (χ0v) is 16.4. The molecule has 0 bridgehead atoms. The van der Waals surface area contributed by atoms with E-state index in [1.54, 1.807) is 11.3 Å². The number of piperazine rings is 1. The maximum atomic E-state index is 12.7. The van der Waals surface area contributed by atoms with Gasteiger partial charge < -0.3 is 15.1 Å². The standard InChI is InChI=1S/C19H26N4O2S/c1-13(2)18(20-14(3)24)19(25)23-10-8-22(9-11-23)12-17-21-15-6-4-5-7-16(15)26-17/h4-7,13,18H,8-12H2,1-3H3,(H,20,24)/p+1/t18-/m1/s1. The maximum Gasteiger partial charge on any atom is 0.245 e. The molecule has 26 heavy (non-hydrogen) atoms. The first-order valence-corrected chi connectivity index (χ1v) is 9.99. The van der Waals surface area contributed by atoms with Gasteiger partial charge in [-0.15, -0.1) is 11.3 Å². The Morgan fingerprint density at radius 2 is 1.96 bits per heavy atom. The fourth-order valence-corrected chi connectivity index (χ4v) is 4.40. The molecule has 1 saturated heterocycles. The van der Waals surface area contributed by atoms with E-state index in [9.17, 15) is 9.59 Å². The molecule has 1 atom stereocenters. The zero-order chi connectivity index (χ0) is 18.7. The summed E-state index contributed by atoms with van der Waals surface area (Å²) in [7, 11) is 0. The van der Waals surface area contributed by atoms with Crippen LogP contribution in [-0.4, -0.2) is 53.9 Å². The van der Waals surface area contributed by atoms with E-state index in [4.69, 9.17) is 4.98 Å². The average molecular weight is 376 g/mol. The monoisotopic (exact) mass is 375 g/mol. The van der Waals surface area contributed by atoms with Gasteiger partial charge in [0, 0.05) is 6.92 Å². The molecular weight excluding hydrogens is 348 g/mol. The second-order valence-corrected chi connectivity index (χ2v) is 8.36. The summed E-state index contributed by atoms with van der Waals surface area (Å²) in [6.07, 6.45) is 0. The van der Waals surface area contributed by atoms with Gasteiger partial charge >= 0.3 is 0 Å². The van der Waals surface area contributed by atoms with E-state index < -0.39 is 6.04 Å². The van der Waals surface area contributed by atoms with Crippen molar-refractivity contribution in [1.82, 2.24) is 15.2 Å². The van der Waals surface area contributed by atoms with Crippen molar-refractivity contribution >= 4 is 33.4 Å². The molecule has 0 saturated carbocycles. The molecule has 1 fully saturated rings. The lowest BCUT2D eigenvalue weighted by Crippen LogP contribution is -3.13. The maximum absolute atomic E-state index is 12.7. The van der Waals surface area contributed by atoms with Crippen molar-refractivity contribution in [3.05, 3.63) is 29.3 Å². The third kappa shape index (κ3) is 4.40. The molecule has 1 aromatic carbocycles. The number of carbonyl (C=O) groups is 2.